The molecule has 1 saturated carbocycles. The van der Waals surface area contributed by atoms with E-state index in [2.05, 4.69) is 32.6 Å². The molecule has 3 unspecified atom stereocenters. The number of methoxy groups -OCH3 is 1. The molecule has 1 fully saturated rings. The van der Waals surface area contributed by atoms with E-state index in [0.717, 1.165) is 31.5 Å². The predicted octanol–water partition coefficient (Wildman–Crippen LogP) is 2.50. The fourth-order valence-electron chi connectivity index (χ4n) is 3.48. The van der Waals surface area contributed by atoms with E-state index in [0.29, 0.717) is 6.04 Å². The maximum atomic E-state index is 6.17. The van der Waals surface area contributed by atoms with Gasteiger partial charge in [0.1, 0.15) is 0 Å². The summed E-state index contributed by atoms with van der Waals surface area (Å²) in [5.41, 5.74) is 6.37. The van der Waals surface area contributed by atoms with Gasteiger partial charge in [-0.1, -0.05) is 13.8 Å². The first kappa shape index (κ1) is 15.9. The van der Waals surface area contributed by atoms with Crippen molar-refractivity contribution in [3.8, 4) is 0 Å². The van der Waals surface area contributed by atoms with Crippen LogP contribution in [0.15, 0.2) is 0 Å². The van der Waals surface area contributed by atoms with Crippen LogP contribution in [-0.2, 0) is 4.74 Å². The zero-order valence-corrected chi connectivity index (χ0v) is 12.9. The fourth-order valence-corrected chi connectivity index (χ4v) is 3.48. The Morgan fingerprint density at radius 2 is 2.00 bits per heavy atom. The van der Waals surface area contributed by atoms with Crippen molar-refractivity contribution in [3.63, 3.8) is 0 Å². The molecule has 1 aliphatic carbocycles. The molecule has 3 atom stereocenters. The van der Waals surface area contributed by atoms with Crippen molar-refractivity contribution in [1.29, 1.82) is 0 Å². The van der Waals surface area contributed by atoms with Crippen LogP contribution in [0.5, 0.6) is 0 Å². The highest BCUT2D eigenvalue weighted by Crippen LogP contribution is 2.40. The summed E-state index contributed by atoms with van der Waals surface area (Å²) in [6.45, 7) is 11.9. The number of nitrogens with zero attached hydrogens (tertiary/aromatic N) is 1. The molecule has 0 spiro atoms. The van der Waals surface area contributed by atoms with E-state index in [9.17, 15) is 0 Å². The number of ether oxygens (including phenoxy) is 1. The third-order valence-corrected chi connectivity index (χ3v) is 4.89. The zero-order chi connectivity index (χ0) is 13.8. The van der Waals surface area contributed by atoms with E-state index < -0.39 is 0 Å². The van der Waals surface area contributed by atoms with Crippen LogP contribution >= 0.6 is 0 Å². The van der Waals surface area contributed by atoms with E-state index in [-0.39, 0.29) is 5.54 Å². The van der Waals surface area contributed by atoms with Gasteiger partial charge in [0.25, 0.3) is 0 Å². The lowest BCUT2D eigenvalue weighted by molar-refractivity contribution is -0.0141. The minimum absolute atomic E-state index is 0.193. The molecule has 2 N–H and O–H groups in total. The van der Waals surface area contributed by atoms with E-state index in [1.807, 2.05) is 0 Å². The highest BCUT2D eigenvalue weighted by Gasteiger charge is 2.41. The molecule has 0 aromatic heterocycles. The number of hydrogen-bond donors (Lipinski definition) is 1. The third kappa shape index (κ3) is 3.46. The SMILES string of the molecule is COCCN(C(C)C)C1(CN)CCC(C)C(C)C1. The van der Waals surface area contributed by atoms with Crippen LogP contribution in [0.3, 0.4) is 0 Å². The second-order valence-corrected chi connectivity index (χ2v) is 6.41. The van der Waals surface area contributed by atoms with Crippen molar-refractivity contribution >= 4 is 0 Å². The van der Waals surface area contributed by atoms with Gasteiger partial charge in [-0.2, -0.15) is 0 Å². The molecule has 0 aromatic carbocycles. The maximum absolute atomic E-state index is 6.17. The summed E-state index contributed by atoms with van der Waals surface area (Å²) in [4.78, 5) is 2.58. The maximum Gasteiger partial charge on any atom is 0.0590 e. The van der Waals surface area contributed by atoms with Crippen molar-refractivity contribution in [3.05, 3.63) is 0 Å². The van der Waals surface area contributed by atoms with Crippen molar-refractivity contribution in [2.45, 2.75) is 58.5 Å². The van der Waals surface area contributed by atoms with Gasteiger partial charge in [-0.25, -0.2) is 0 Å². The molecule has 0 heterocycles. The Balaban J connectivity index is 2.82. The normalized spacial score (nSPS) is 33.3. The molecule has 1 rings (SSSR count). The Labute approximate surface area is 113 Å². The number of rotatable bonds is 6. The molecule has 0 aromatic rings. The Morgan fingerprint density at radius 3 is 2.44 bits per heavy atom. The highest BCUT2D eigenvalue weighted by atomic mass is 16.5. The quantitative estimate of drug-likeness (QED) is 0.793. The Kier molecular flexibility index (Phi) is 6.09. The van der Waals surface area contributed by atoms with E-state index >= 15 is 0 Å². The Morgan fingerprint density at radius 1 is 1.33 bits per heavy atom. The molecule has 0 amide bonds. The first-order valence-electron chi connectivity index (χ1n) is 7.42. The Hall–Kier alpha value is -0.120. The molecular formula is C15H32N2O. The molecule has 3 nitrogen and oxygen atoms in total. The van der Waals surface area contributed by atoms with Crippen LogP contribution in [0.4, 0.5) is 0 Å². The van der Waals surface area contributed by atoms with Crippen LogP contribution in [0.2, 0.25) is 0 Å². The monoisotopic (exact) mass is 256 g/mol. The van der Waals surface area contributed by atoms with Gasteiger partial charge in [-0.05, 0) is 44.9 Å². The minimum Gasteiger partial charge on any atom is -0.383 e. The van der Waals surface area contributed by atoms with Crippen molar-refractivity contribution < 1.29 is 4.74 Å². The smallest absolute Gasteiger partial charge is 0.0590 e. The van der Waals surface area contributed by atoms with Gasteiger partial charge in [0.05, 0.1) is 6.61 Å². The summed E-state index contributed by atoms with van der Waals surface area (Å²) in [6, 6.07) is 0.532. The van der Waals surface area contributed by atoms with Crippen LogP contribution in [0.25, 0.3) is 0 Å². The molecule has 0 radical (unpaired) electrons. The van der Waals surface area contributed by atoms with Crippen LogP contribution in [0.1, 0.15) is 47.0 Å². The van der Waals surface area contributed by atoms with Gasteiger partial charge in [0.15, 0.2) is 0 Å². The van der Waals surface area contributed by atoms with Crippen molar-refractivity contribution in [1.82, 2.24) is 4.90 Å². The molecule has 0 bridgehead atoms. The molecule has 0 saturated heterocycles. The van der Waals surface area contributed by atoms with Gasteiger partial charge in [0.2, 0.25) is 0 Å². The summed E-state index contributed by atoms with van der Waals surface area (Å²) in [5, 5.41) is 0. The molecular weight excluding hydrogens is 224 g/mol. The van der Waals surface area contributed by atoms with Crippen LogP contribution in [-0.4, -0.2) is 43.3 Å². The summed E-state index contributed by atoms with van der Waals surface area (Å²) < 4.78 is 5.27. The summed E-state index contributed by atoms with van der Waals surface area (Å²) in [5.74, 6) is 1.60. The van der Waals surface area contributed by atoms with E-state index in [1.165, 1.54) is 19.3 Å². The van der Waals surface area contributed by atoms with E-state index in [4.69, 9.17) is 10.5 Å². The lowest BCUT2D eigenvalue weighted by Gasteiger charge is -2.51. The summed E-state index contributed by atoms with van der Waals surface area (Å²) >= 11 is 0. The fraction of sp³-hybridized carbons (Fsp3) is 1.00. The van der Waals surface area contributed by atoms with E-state index in [1.54, 1.807) is 7.11 Å². The molecule has 18 heavy (non-hydrogen) atoms. The minimum atomic E-state index is 0.193. The predicted molar refractivity (Wildman–Crippen MR) is 77.7 cm³/mol. The first-order chi connectivity index (χ1) is 8.46. The largest absolute Gasteiger partial charge is 0.383 e. The van der Waals surface area contributed by atoms with Gasteiger partial charge in [-0.15, -0.1) is 0 Å². The standard InChI is InChI=1S/C15H32N2O/c1-12(2)17(8-9-18-5)15(11-16)7-6-13(3)14(4)10-15/h12-14H,6-11,16H2,1-5H3. The summed E-state index contributed by atoms with van der Waals surface area (Å²) in [6.07, 6.45) is 3.76. The first-order valence-corrected chi connectivity index (χ1v) is 7.42. The van der Waals surface area contributed by atoms with Gasteiger partial charge in [0, 0.05) is 31.8 Å². The lowest BCUT2D eigenvalue weighted by Crippen LogP contribution is -2.60. The van der Waals surface area contributed by atoms with Crippen LogP contribution < -0.4 is 5.73 Å². The van der Waals surface area contributed by atoms with Crippen LogP contribution in [0, 0.1) is 11.8 Å². The zero-order valence-electron chi connectivity index (χ0n) is 12.9. The van der Waals surface area contributed by atoms with Gasteiger partial charge >= 0.3 is 0 Å². The second kappa shape index (κ2) is 6.88. The van der Waals surface area contributed by atoms with Gasteiger partial charge in [-0.3, -0.25) is 4.90 Å². The van der Waals surface area contributed by atoms with Crippen molar-refractivity contribution in [2.24, 2.45) is 17.6 Å². The average molecular weight is 256 g/mol. The average Bonchev–Trinajstić information content (AvgIpc) is 2.33. The van der Waals surface area contributed by atoms with Gasteiger partial charge < -0.3 is 10.5 Å². The second-order valence-electron chi connectivity index (χ2n) is 6.41. The topological polar surface area (TPSA) is 38.5 Å². The highest BCUT2D eigenvalue weighted by molar-refractivity contribution is 4.98. The third-order valence-electron chi connectivity index (χ3n) is 4.89. The Bertz CT molecular complexity index is 245. The molecule has 1 aliphatic rings. The number of hydrogen-bond acceptors (Lipinski definition) is 3. The molecule has 3 heteroatoms. The molecule has 108 valence electrons. The lowest BCUT2D eigenvalue weighted by atomic mass is 9.70. The number of nitrogens with two attached hydrogens (primary N) is 1. The molecule has 0 aliphatic heterocycles. The summed E-state index contributed by atoms with van der Waals surface area (Å²) in [7, 11) is 1.78. The van der Waals surface area contributed by atoms with Crippen molar-refractivity contribution in [2.75, 3.05) is 26.8 Å².